The minimum absolute atomic E-state index is 0.0315. The molecule has 1 aliphatic heterocycles. The number of hydrogen-bond donors (Lipinski definition) is 1. The molecule has 0 spiro atoms. The van der Waals surface area contributed by atoms with Crippen LogP contribution in [-0.2, 0) is 16.1 Å². The van der Waals surface area contributed by atoms with Gasteiger partial charge in [0, 0.05) is 19.5 Å². The Morgan fingerprint density at radius 3 is 2.52 bits per heavy atom. The molecule has 1 saturated heterocycles. The maximum absolute atomic E-state index is 13.9. The van der Waals surface area contributed by atoms with E-state index in [0.29, 0.717) is 6.54 Å². The third-order valence-electron chi connectivity index (χ3n) is 4.42. The Morgan fingerprint density at radius 1 is 1.16 bits per heavy atom. The van der Waals surface area contributed by atoms with Gasteiger partial charge < -0.3 is 10.2 Å². The number of hydrogen-bond acceptors (Lipinski definition) is 2. The highest BCUT2D eigenvalue weighted by molar-refractivity contribution is 6.00. The first-order chi connectivity index (χ1) is 12.0. The van der Waals surface area contributed by atoms with Crippen molar-refractivity contribution in [2.24, 2.45) is 5.92 Å². The molecule has 0 saturated carbocycles. The van der Waals surface area contributed by atoms with Crippen molar-refractivity contribution >= 4 is 17.5 Å². The molecule has 0 aliphatic carbocycles. The van der Waals surface area contributed by atoms with Crippen LogP contribution in [0.15, 0.2) is 42.5 Å². The summed E-state index contributed by atoms with van der Waals surface area (Å²) in [6, 6.07) is 11.1. The van der Waals surface area contributed by atoms with Crippen molar-refractivity contribution < 1.29 is 18.4 Å². The molecule has 0 aromatic heterocycles. The number of aryl methyl sites for hydroxylation is 1. The van der Waals surface area contributed by atoms with Crippen LogP contribution in [0.3, 0.4) is 0 Å². The van der Waals surface area contributed by atoms with Gasteiger partial charge in [0.15, 0.2) is 0 Å². The summed E-state index contributed by atoms with van der Waals surface area (Å²) in [6.45, 7) is 2.27. The predicted octanol–water partition coefficient (Wildman–Crippen LogP) is 2.94. The van der Waals surface area contributed by atoms with Crippen molar-refractivity contribution in [3.8, 4) is 0 Å². The third-order valence-corrected chi connectivity index (χ3v) is 4.42. The quantitative estimate of drug-likeness (QED) is 0.927. The lowest BCUT2D eigenvalue weighted by molar-refractivity contribution is -0.126. The Kier molecular flexibility index (Phi) is 4.79. The second kappa shape index (κ2) is 7.01. The largest absolute Gasteiger partial charge is 0.352 e. The Morgan fingerprint density at radius 2 is 1.84 bits per heavy atom. The second-order valence-electron chi connectivity index (χ2n) is 6.12. The van der Waals surface area contributed by atoms with Gasteiger partial charge in [-0.2, -0.15) is 0 Å². The zero-order valence-electron chi connectivity index (χ0n) is 13.8. The van der Waals surface area contributed by atoms with Crippen LogP contribution >= 0.6 is 0 Å². The first-order valence-corrected chi connectivity index (χ1v) is 8.04. The van der Waals surface area contributed by atoms with Gasteiger partial charge in [-0.15, -0.1) is 0 Å². The molecule has 6 heteroatoms. The van der Waals surface area contributed by atoms with E-state index in [4.69, 9.17) is 0 Å². The fourth-order valence-corrected chi connectivity index (χ4v) is 2.98. The van der Waals surface area contributed by atoms with Crippen molar-refractivity contribution in [3.05, 3.63) is 65.2 Å². The van der Waals surface area contributed by atoms with Crippen molar-refractivity contribution in [2.45, 2.75) is 19.9 Å². The number of benzene rings is 2. The lowest BCUT2D eigenvalue weighted by Gasteiger charge is -2.18. The molecule has 1 atom stereocenters. The highest BCUT2D eigenvalue weighted by Crippen LogP contribution is 2.29. The number of halogens is 2. The number of amides is 2. The normalized spacial score (nSPS) is 17.0. The molecular weight excluding hydrogens is 326 g/mol. The van der Waals surface area contributed by atoms with Gasteiger partial charge in [0.2, 0.25) is 11.8 Å². The Labute approximate surface area is 144 Å². The number of para-hydroxylation sites is 1. The summed E-state index contributed by atoms with van der Waals surface area (Å²) in [5.41, 5.74) is 1.65. The van der Waals surface area contributed by atoms with Crippen LogP contribution in [0.5, 0.6) is 0 Å². The van der Waals surface area contributed by atoms with Crippen molar-refractivity contribution in [1.82, 2.24) is 5.32 Å². The number of anilines is 1. The average Bonchev–Trinajstić information content (AvgIpc) is 2.95. The third kappa shape index (κ3) is 3.52. The van der Waals surface area contributed by atoms with Gasteiger partial charge in [-0.05, 0) is 30.2 Å². The van der Waals surface area contributed by atoms with E-state index < -0.39 is 23.5 Å². The molecule has 1 fully saturated rings. The van der Waals surface area contributed by atoms with E-state index in [2.05, 4.69) is 5.32 Å². The van der Waals surface area contributed by atoms with E-state index in [1.54, 1.807) is 0 Å². The van der Waals surface area contributed by atoms with E-state index >= 15 is 0 Å². The summed E-state index contributed by atoms with van der Waals surface area (Å²) in [4.78, 5) is 25.5. The SMILES string of the molecule is Cc1ccccc1CNC(=O)C1CC(=O)N(c2c(F)cccc2F)C1. The molecule has 4 nitrogen and oxygen atoms in total. The van der Waals surface area contributed by atoms with Gasteiger partial charge in [0.25, 0.3) is 0 Å². The van der Waals surface area contributed by atoms with Crippen molar-refractivity contribution in [3.63, 3.8) is 0 Å². The standard InChI is InChI=1S/C19H18F2N2O2/c1-12-5-2-3-6-13(12)10-22-19(25)14-9-17(24)23(11-14)18-15(20)7-4-8-16(18)21/h2-8,14H,9-11H2,1H3,(H,22,25). The molecule has 25 heavy (non-hydrogen) atoms. The first-order valence-electron chi connectivity index (χ1n) is 8.04. The Balaban J connectivity index is 1.68. The molecule has 2 aromatic carbocycles. The highest BCUT2D eigenvalue weighted by atomic mass is 19.1. The summed E-state index contributed by atoms with van der Waals surface area (Å²) < 4.78 is 27.8. The van der Waals surface area contributed by atoms with E-state index in [0.717, 1.165) is 28.2 Å². The summed E-state index contributed by atoms with van der Waals surface area (Å²) in [5, 5.41) is 2.80. The molecule has 0 radical (unpaired) electrons. The van der Waals surface area contributed by atoms with Crippen molar-refractivity contribution in [1.29, 1.82) is 0 Å². The fourth-order valence-electron chi connectivity index (χ4n) is 2.98. The molecule has 0 bridgehead atoms. The molecular formula is C19H18F2N2O2. The zero-order valence-corrected chi connectivity index (χ0v) is 13.8. The lowest BCUT2D eigenvalue weighted by atomic mass is 10.1. The van der Waals surface area contributed by atoms with Gasteiger partial charge in [-0.25, -0.2) is 8.78 Å². The number of rotatable bonds is 4. The first kappa shape index (κ1) is 17.1. The van der Waals surface area contributed by atoms with Gasteiger partial charge in [-0.3, -0.25) is 9.59 Å². The minimum Gasteiger partial charge on any atom is -0.352 e. The second-order valence-corrected chi connectivity index (χ2v) is 6.12. The molecule has 1 unspecified atom stereocenters. The van der Waals surface area contributed by atoms with Crippen molar-refractivity contribution in [2.75, 3.05) is 11.4 Å². The number of nitrogens with one attached hydrogen (secondary N) is 1. The minimum atomic E-state index is -0.811. The number of carbonyl (C=O) groups is 2. The number of nitrogens with zero attached hydrogens (tertiary/aromatic N) is 1. The maximum Gasteiger partial charge on any atom is 0.228 e. The van der Waals surface area contributed by atoms with E-state index in [-0.39, 0.29) is 24.6 Å². The fraction of sp³-hybridized carbons (Fsp3) is 0.263. The summed E-state index contributed by atoms with van der Waals surface area (Å²) in [6.07, 6.45) is -0.0621. The van der Waals surface area contributed by atoms with Gasteiger partial charge in [-0.1, -0.05) is 30.3 Å². The molecule has 3 rings (SSSR count). The van der Waals surface area contributed by atoms with Gasteiger partial charge >= 0.3 is 0 Å². The van der Waals surface area contributed by atoms with E-state index in [1.165, 1.54) is 6.07 Å². The molecule has 130 valence electrons. The van der Waals surface area contributed by atoms with Crippen LogP contribution in [0.2, 0.25) is 0 Å². The number of carbonyl (C=O) groups excluding carboxylic acids is 2. The zero-order chi connectivity index (χ0) is 18.0. The average molecular weight is 344 g/mol. The van der Waals surface area contributed by atoms with E-state index in [9.17, 15) is 18.4 Å². The van der Waals surface area contributed by atoms with Crippen LogP contribution in [-0.4, -0.2) is 18.4 Å². The van der Waals surface area contributed by atoms with Crippen LogP contribution < -0.4 is 10.2 Å². The summed E-state index contributed by atoms with van der Waals surface area (Å²) >= 11 is 0. The van der Waals surface area contributed by atoms with Crippen LogP contribution in [0.25, 0.3) is 0 Å². The predicted molar refractivity (Wildman–Crippen MR) is 89.8 cm³/mol. The molecule has 1 aliphatic rings. The summed E-state index contributed by atoms with van der Waals surface area (Å²) in [5.74, 6) is -3.00. The topological polar surface area (TPSA) is 49.4 Å². The molecule has 1 N–H and O–H groups in total. The van der Waals surface area contributed by atoms with Crippen LogP contribution in [0, 0.1) is 24.5 Å². The summed E-state index contributed by atoms with van der Waals surface area (Å²) in [7, 11) is 0. The highest BCUT2D eigenvalue weighted by Gasteiger charge is 2.37. The van der Waals surface area contributed by atoms with Crippen LogP contribution in [0.4, 0.5) is 14.5 Å². The maximum atomic E-state index is 13.9. The van der Waals surface area contributed by atoms with Gasteiger partial charge in [0.1, 0.15) is 17.3 Å². The molecule has 2 amide bonds. The molecule has 1 heterocycles. The smallest absolute Gasteiger partial charge is 0.228 e. The monoisotopic (exact) mass is 344 g/mol. The molecule has 2 aromatic rings. The van der Waals surface area contributed by atoms with E-state index in [1.807, 2.05) is 31.2 Å². The Bertz CT molecular complexity index is 803. The van der Waals surface area contributed by atoms with Gasteiger partial charge in [0.05, 0.1) is 5.92 Å². The lowest BCUT2D eigenvalue weighted by Crippen LogP contribution is -2.33. The van der Waals surface area contributed by atoms with Crippen LogP contribution in [0.1, 0.15) is 17.5 Å². The Hall–Kier alpha value is -2.76.